The second kappa shape index (κ2) is 12.0. The van der Waals surface area contributed by atoms with Crippen LogP contribution in [-0.2, 0) is 17.6 Å². The molecule has 4 rings (SSSR count). The van der Waals surface area contributed by atoms with Gasteiger partial charge in [-0.1, -0.05) is 44.0 Å². The molecule has 0 spiro atoms. The van der Waals surface area contributed by atoms with Crippen LogP contribution in [0.4, 0.5) is 0 Å². The second-order valence-electron chi connectivity index (χ2n) is 9.51. The summed E-state index contributed by atoms with van der Waals surface area (Å²) in [4.78, 5) is 11.8. The predicted molar refractivity (Wildman–Crippen MR) is 143 cm³/mol. The maximum Gasteiger partial charge on any atom is 0.348 e. The van der Waals surface area contributed by atoms with Gasteiger partial charge in [-0.2, -0.15) is 0 Å². The number of carbonyl (C=O) groups is 1. The van der Waals surface area contributed by atoms with Crippen molar-refractivity contribution in [1.82, 2.24) is 0 Å². The molecule has 37 heavy (non-hydrogen) atoms. The first kappa shape index (κ1) is 26.4. The van der Waals surface area contributed by atoms with Crippen LogP contribution in [0.1, 0.15) is 56.2 Å². The molecular formula is C31H36O6. The first-order chi connectivity index (χ1) is 17.9. The lowest BCUT2D eigenvalue weighted by Gasteiger charge is -2.34. The van der Waals surface area contributed by atoms with Crippen LogP contribution < -0.4 is 18.9 Å². The van der Waals surface area contributed by atoms with Gasteiger partial charge in [-0.25, -0.2) is 4.79 Å². The van der Waals surface area contributed by atoms with E-state index in [1.165, 1.54) is 5.56 Å². The Kier molecular flexibility index (Phi) is 8.59. The Labute approximate surface area is 219 Å². The van der Waals surface area contributed by atoms with E-state index >= 15 is 0 Å². The summed E-state index contributed by atoms with van der Waals surface area (Å²) in [6.07, 6.45) is 4.19. The maximum atomic E-state index is 11.8. The fraction of sp³-hybridized carbons (Fsp3) is 0.387. The van der Waals surface area contributed by atoms with Crippen LogP contribution >= 0.6 is 0 Å². The molecule has 0 radical (unpaired) electrons. The smallest absolute Gasteiger partial charge is 0.348 e. The van der Waals surface area contributed by atoms with Gasteiger partial charge in [0.25, 0.3) is 0 Å². The normalized spacial score (nSPS) is 16.4. The third-order valence-electron chi connectivity index (χ3n) is 6.73. The van der Waals surface area contributed by atoms with E-state index in [9.17, 15) is 9.90 Å². The van der Waals surface area contributed by atoms with Crippen LogP contribution in [0.3, 0.4) is 0 Å². The first-order valence-electron chi connectivity index (χ1n) is 13.1. The number of fused-ring (bicyclic) bond motifs is 1. The standard InChI is InChI=1S/C31H36O6/c1-4-7-24-20-27(36-25-11-8-22(3)9-12-25)14-15-28(24)35-19-6-18-34-26-13-10-23-16-17-31(5-2,30(32)33)37-29(23)21-26/h8-15,20-21H,4-7,16-19H2,1-3H3,(H,32,33). The van der Waals surface area contributed by atoms with Crippen LogP contribution in [-0.4, -0.2) is 29.9 Å². The van der Waals surface area contributed by atoms with Crippen LogP contribution in [0.25, 0.3) is 0 Å². The molecule has 6 heteroatoms. The third-order valence-corrected chi connectivity index (χ3v) is 6.73. The highest BCUT2D eigenvalue weighted by atomic mass is 16.5. The monoisotopic (exact) mass is 504 g/mol. The minimum absolute atomic E-state index is 0.420. The number of hydrogen-bond donors (Lipinski definition) is 1. The summed E-state index contributed by atoms with van der Waals surface area (Å²) in [5.74, 6) is 2.83. The van der Waals surface area contributed by atoms with Gasteiger partial charge in [0.1, 0.15) is 28.7 Å². The Bertz CT molecular complexity index is 1200. The molecule has 6 nitrogen and oxygen atoms in total. The van der Waals surface area contributed by atoms with E-state index in [-0.39, 0.29) is 0 Å². The molecule has 1 heterocycles. The maximum absolute atomic E-state index is 11.8. The number of aliphatic carboxylic acids is 1. The molecule has 0 saturated carbocycles. The number of carboxylic acid groups (broad SMARTS) is 1. The molecule has 1 aliphatic heterocycles. The number of benzene rings is 3. The quantitative estimate of drug-likeness (QED) is 0.264. The molecule has 1 unspecified atom stereocenters. The fourth-order valence-electron chi connectivity index (χ4n) is 4.47. The Hall–Kier alpha value is -3.67. The lowest BCUT2D eigenvalue weighted by Crippen LogP contribution is -2.46. The van der Waals surface area contributed by atoms with Crippen molar-refractivity contribution in [2.45, 2.75) is 64.9 Å². The highest BCUT2D eigenvalue weighted by Crippen LogP contribution is 2.37. The zero-order valence-corrected chi connectivity index (χ0v) is 21.9. The first-order valence-corrected chi connectivity index (χ1v) is 13.1. The van der Waals surface area contributed by atoms with Gasteiger partial charge in [-0.05, 0) is 73.7 Å². The van der Waals surface area contributed by atoms with Crippen LogP contribution in [0.5, 0.6) is 28.7 Å². The minimum atomic E-state index is -1.16. The number of hydrogen-bond acceptors (Lipinski definition) is 5. The van der Waals surface area contributed by atoms with Crippen molar-refractivity contribution < 1.29 is 28.8 Å². The van der Waals surface area contributed by atoms with Crippen LogP contribution in [0.2, 0.25) is 0 Å². The van der Waals surface area contributed by atoms with E-state index in [1.54, 1.807) is 6.07 Å². The molecule has 0 aromatic heterocycles. The van der Waals surface area contributed by atoms with Gasteiger partial charge in [-0.15, -0.1) is 0 Å². The fourth-order valence-corrected chi connectivity index (χ4v) is 4.47. The summed E-state index contributed by atoms with van der Waals surface area (Å²) in [5.41, 5.74) is 2.18. The third kappa shape index (κ3) is 6.56. The molecule has 196 valence electrons. The summed E-state index contributed by atoms with van der Waals surface area (Å²) in [6.45, 7) is 7.05. The molecule has 3 aromatic carbocycles. The van der Waals surface area contributed by atoms with Gasteiger partial charge in [0, 0.05) is 18.9 Å². The molecule has 3 aromatic rings. The molecule has 1 N–H and O–H groups in total. The van der Waals surface area contributed by atoms with Crippen molar-refractivity contribution in [2.75, 3.05) is 13.2 Å². The largest absolute Gasteiger partial charge is 0.493 e. The Balaban J connectivity index is 1.29. The highest BCUT2D eigenvalue weighted by molar-refractivity contribution is 5.78. The Morgan fingerprint density at radius 1 is 0.946 bits per heavy atom. The van der Waals surface area contributed by atoms with Crippen molar-refractivity contribution in [2.24, 2.45) is 0 Å². The van der Waals surface area contributed by atoms with Gasteiger partial charge in [0.05, 0.1) is 13.2 Å². The highest BCUT2D eigenvalue weighted by Gasteiger charge is 2.42. The van der Waals surface area contributed by atoms with E-state index in [0.29, 0.717) is 50.4 Å². The lowest BCUT2D eigenvalue weighted by molar-refractivity contribution is -0.157. The van der Waals surface area contributed by atoms with E-state index in [0.717, 1.165) is 41.2 Å². The van der Waals surface area contributed by atoms with Gasteiger partial charge in [0.15, 0.2) is 0 Å². The Morgan fingerprint density at radius 2 is 1.68 bits per heavy atom. The molecule has 0 amide bonds. The zero-order chi connectivity index (χ0) is 26.3. The van der Waals surface area contributed by atoms with Crippen LogP contribution in [0, 0.1) is 6.92 Å². The Morgan fingerprint density at radius 3 is 2.41 bits per heavy atom. The van der Waals surface area contributed by atoms with Crippen molar-refractivity contribution >= 4 is 5.97 Å². The number of ether oxygens (including phenoxy) is 4. The predicted octanol–water partition coefficient (Wildman–Crippen LogP) is 7.15. The lowest BCUT2D eigenvalue weighted by atomic mass is 9.89. The van der Waals surface area contributed by atoms with E-state index in [4.69, 9.17) is 18.9 Å². The molecule has 0 bridgehead atoms. The van der Waals surface area contributed by atoms with Gasteiger partial charge < -0.3 is 24.1 Å². The van der Waals surface area contributed by atoms with Crippen molar-refractivity contribution in [3.05, 3.63) is 77.4 Å². The number of carboxylic acids is 1. The van der Waals surface area contributed by atoms with Crippen molar-refractivity contribution in [1.29, 1.82) is 0 Å². The second-order valence-corrected chi connectivity index (χ2v) is 9.51. The molecule has 0 fully saturated rings. The van der Waals surface area contributed by atoms with E-state index < -0.39 is 11.6 Å². The average molecular weight is 505 g/mol. The van der Waals surface area contributed by atoms with Gasteiger partial charge >= 0.3 is 5.97 Å². The summed E-state index contributed by atoms with van der Waals surface area (Å²) in [7, 11) is 0. The zero-order valence-electron chi connectivity index (χ0n) is 21.9. The summed E-state index contributed by atoms with van der Waals surface area (Å²) >= 11 is 0. The molecule has 0 saturated heterocycles. The van der Waals surface area contributed by atoms with Crippen molar-refractivity contribution in [3.8, 4) is 28.7 Å². The summed E-state index contributed by atoms with van der Waals surface area (Å²) in [5, 5.41) is 9.64. The van der Waals surface area contributed by atoms with Crippen molar-refractivity contribution in [3.63, 3.8) is 0 Å². The van der Waals surface area contributed by atoms with Crippen LogP contribution in [0.15, 0.2) is 60.7 Å². The number of rotatable bonds is 12. The molecule has 1 atom stereocenters. The molecule has 0 aliphatic carbocycles. The van der Waals surface area contributed by atoms with E-state index in [2.05, 4.69) is 19.9 Å². The average Bonchev–Trinajstić information content (AvgIpc) is 2.90. The number of aryl methyl sites for hydroxylation is 3. The van der Waals surface area contributed by atoms with E-state index in [1.807, 2.05) is 55.5 Å². The summed E-state index contributed by atoms with van der Waals surface area (Å²) in [6, 6.07) is 19.6. The van der Waals surface area contributed by atoms with Gasteiger partial charge in [0.2, 0.25) is 5.60 Å². The molecule has 1 aliphatic rings. The molecular weight excluding hydrogens is 468 g/mol. The SMILES string of the molecule is CCCc1cc(Oc2ccc(C)cc2)ccc1OCCCOc1ccc2c(c1)OC(CC)(C(=O)O)CC2. The topological polar surface area (TPSA) is 74.2 Å². The van der Waals surface area contributed by atoms with Gasteiger partial charge in [-0.3, -0.25) is 0 Å². The minimum Gasteiger partial charge on any atom is -0.493 e. The summed E-state index contributed by atoms with van der Waals surface area (Å²) < 4.78 is 23.9.